The lowest BCUT2D eigenvalue weighted by Gasteiger charge is -2.31. The first kappa shape index (κ1) is 24.4. The van der Waals surface area contributed by atoms with E-state index in [2.05, 4.69) is 87.7 Å². The average Bonchev–Trinajstić information content (AvgIpc) is 3.12. The fraction of sp³-hybridized carbons (Fsp3) is 0.550. The van der Waals surface area contributed by atoms with Gasteiger partial charge in [-0.15, -0.1) is 34.2 Å². The number of nitrogens with one attached hydrogen (secondary N) is 3. The standard InChI is InChI=1S/C20H33N7.HI/c1-6-18-26-24-15-27(18)13-12-22-19(21-5)23-14-20(3,4)25-16(2)17-10-8-7-9-11-17;/h7-11,15-16,25H,6,12-14H2,1-5H3,(H2,21,22,23);1H. The van der Waals surface area contributed by atoms with E-state index in [4.69, 9.17) is 0 Å². The highest BCUT2D eigenvalue weighted by Crippen LogP contribution is 2.15. The monoisotopic (exact) mass is 499 g/mol. The quantitative estimate of drug-likeness (QED) is 0.281. The summed E-state index contributed by atoms with van der Waals surface area (Å²) in [4.78, 5) is 4.32. The van der Waals surface area contributed by atoms with Gasteiger partial charge in [-0.25, -0.2) is 0 Å². The summed E-state index contributed by atoms with van der Waals surface area (Å²) in [5.41, 5.74) is 1.20. The van der Waals surface area contributed by atoms with Crippen LogP contribution in [0, 0.1) is 0 Å². The number of aryl methyl sites for hydroxylation is 1. The predicted molar refractivity (Wildman–Crippen MR) is 126 cm³/mol. The molecule has 0 amide bonds. The van der Waals surface area contributed by atoms with Gasteiger partial charge in [0.05, 0.1) is 0 Å². The molecule has 8 heteroatoms. The third-order valence-corrected chi connectivity index (χ3v) is 4.49. The summed E-state index contributed by atoms with van der Waals surface area (Å²) in [6.07, 6.45) is 2.65. The molecule has 1 aromatic heterocycles. The van der Waals surface area contributed by atoms with Crippen molar-refractivity contribution in [1.29, 1.82) is 0 Å². The summed E-state index contributed by atoms with van der Waals surface area (Å²) in [5.74, 6) is 1.79. The predicted octanol–water partition coefficient (Wildman–Crippen LogP) is 2.75. The molecule has 2 rings (SSSR count). The summed E-state index contributed by atoms with van der Waals surface area (Å²) in [6, 6.07) is 10.8. The minimum absolute atomic E-state index is 0. The molecule has 1 heterocycles. The Hall–Kier alpha value is -1.68. The third-order valence-electron chi connectivity index (χ3n) is 4.49. The molecule has 1 atom stereocenters. The molecular weight excluding hydrogens is 465 g/mol. The van der Waals surface area contributed by atoms with E-state index in [9.17, 15) is 0 Å². The summed E-state index contributed by atoms with van der Waals surface area (Å²) in [6.45, 7) is 11.0. The van der Waals surface area contributed by atoms with Crippen LogP contribution in [0.5, 0.6) is 0 Å². The highest BCUT2D eigenvalue weighted by atomic mass is 127. The smallest absolute Gasteiger partial charge is 0.191 e. The molecule has 0 saturated carbocycles. The van der Waals surface area contributed by atoms with Crippen LogP contribution in [0.3, 0.4) is 0 Å². The van der Waals surface area contributed by atoms with Crippen LogP contribution in [0.2, 0.25) is 0 Å². The summed E-state index contributed by atoms with van der Waals surface area (Å²) in [5, 5.41) is 18.5. The van der Waals surface area contributed by atoms with E-state index in [0.717, 1.165) is 37.8 Å². The van der Waals surface area contributed by atoms with Crippen molar-refractivity contribution in [2.24, 2.45) is 4.99 Å². The van der Waals surface area contributed by atoms with Gasteiger partial charge in [0.25, 0.3) is 0 Å². The SMILES string of the molecule is CCc1nncn1CCNC(=NC)NCC(C)(C)NC(C)c1ccccc1.I. The van der Waals surface area contributed by atoms with Crippen molar-refractivity contribution in [2.75, 3.05) is 20.1 Å². The Morgan fingerprint density at radius 2 is 1.93 bits per heavy atom. The first-order valence-electron chi connectivity index (χ1n) is 9.59. The molecule has 2 aromatic rings. The molecule has 0 radical (unpaired) electrons. The van der Waals surface area contributed by atoms with Crippen LogP contribution in [-0.4, -0.2) is 46.4 Å². The third kappa shape index (κ3) is 7.75. The second-order valence-electron chi connectivity index (χ2n) is 7.31. The van der Waals surface area contributed by atoms with Gasteiger partial charge in [0.15, 0.2) is 5.96 Å². The van der Waals surface area contributed by atoms with Gasteiger partial charge in [-0.2, -0.15) is 0 Å². The molecule has 0 fully saturated rings. The van der Waals surface area contributed by atoms with Crippen molar-refractivity contribution in [1.82, 2.24) is 30.7 Å². The average molecular weight is 499 g/mol. The topological polar surface area (TPSA) is 79.2 Å². The molecule has 0 spiro atoms. The zero-order valence-electron chi connectivity index (χ0n) is 17.6. The normalized spacial score (nSPS) is 13.0. The molecule has 0 saturated heterocycles. The molecule has 0 aliphatic heterocycles. The number of halogens is 1. The van der Waals surface area contributed by atoms with Crippen molar-refractivity contribution in [3.63, 3.8) is 0 Å². The summed E-state index contributed by atoms with van der Waals surface area (Å²) >= 11 is 0. The second kappa shape index (κ2) is 12.0. The number of guanidine groups is 1. The van der Waals surface area contributed by atoms with Crippen molar-refractivity contribution < 1.29 is 0 Å². The maximum atomic E-state index is 4.32. The van der Waals surface area contributed by atoms with Gasteiger partial charge in [0.1, 0.15) is 12.2 Å². The van der Waals surface area contributed by atoms with E-state index in [1.807, 2.05) is 6.07 Å². The molecule has 3 N–H and O–H groups in total. The van der Waals surface area contributed by atoms with Gasteiger partial charge in [-0.1, -0.05) is 37.3 Å². The molecule has 28 heavy (non-hydrogen) atoms. The van der Waals surface area contributed by atoms with Gasteiger partial charge < -0.3 is 20.5 Å². The Bertz CT molecular complexity index is 712. The Kier molecular flexibility index (Phi) is 10.4. The van der Waals surface area contributed by atoms with Crippen LogP contribution in [0.4, 0.5) is 0 Å². The number of aromatic nitrogens is 3. The maximum absolute atomic E-state index is 4.32. The number of aliphatic imine (C=N–C) groups is 1. The van der Waals surface area contributed by atoms with Gasteiger partial charge in [0.2, 0.25) is 0 Å². The Morgan fingerprint density at radius 3 is 2.57 bits per heavy atom. The number of nitrogens with zero attached hydrogens (tertiary/aromatic N) is 4. The van der Waals surface area contributed by atoms with Crippen LogP contribution < -0.4 is 16.0 Å². The molecule has 7 nitrogen and oxygen atoms in total. The highest BCUT2D eigenvalue weighted by molar-refractivity contribution is 14.0. The fourth-order valence-electron chi connectivity index (χ4n) is 3.02. The van der Waals surface area contributed by atoms with E-state index < -0.39 is 0 Å². The van der Waals surface area contributed by atoms with Crippen LogP contribution in [-0.2, 0) is 13.0 Å². The van der Waals surface area contributed by atoms with Crippen LogP contribution in [0.25, 0.3) is 0 Å². The highest BCUT2D eigenvalue weighted by Gasteiger charge is 2.21. The van der Waals surface area contributed by atoms with Crippen molar-refractivity contribution >= 4 is 29.9 Å². The molecule has 0 bridgehead atoms. The number of rotatable bonds is 9. The Labute approximate surface area is 185 Å². The molecule has 0 aliphatic carbocycles. The van der Waals surface area contributed by atoms with Crippen molar-refractivity contribution in [3.05, 3.63) is 48.0 Å². The van der Waals surface area contributed by atoms with Gasteiger partial charge >= 0.3 is 0 Å². The lowest BCUT2D eigenvalue weighted by molar-refractivity contribution is 0.344. The zero-order chi connectivity index (χ0) is 19.7. The van der Waals surface area contributed by atoms with Crippen LogP contribution in [0.15, 0.2) is 41.7 Å². The Morgan fingerprint density at radius 1 is 1.21 bits per heavy atom. The van der Waals surface area contributed by atoms with Crippen LogP contribution in [0.1, 0.15) is 45.1 Å². The largest absolute Gasteiger partial charge is 0.355 e. The zero-order valence-corrected chi connectivity index (χ0v) is 19.9. The minimum atomic E-state index is -0.0868. The van der Waals surface area contributed by atoms with Gasteiger partial charge in [-0.3, -0.25) is 4.99 Å². The van der Waals surface area contributed by atoms with E-state index in [1.165, 1.54) is 5.56 Å². The van der Waals surface area contributed by atoms with E-state index in [-0.39, 0.29) is 35.6 Å². The number of hydrogen-bond acceptors (Lipinski definition) is 4. The first-order chi connectivity index (χ1) is 12.9. The molecular formula is C20H34IN7. The molecule has 1 unspecified atom stereocenters. The van der Waals surface area contributed by atoms with Crippen LogP contribution >= 0.6 is 24.0 Å². The maximum Gasteiger partial charge on any atom is 0.191 e. The first-order valence-corrected chi connectivity index (χ1v) is 9.59. The van der Waals surface area contributed by atoms with Gasteiger partial charge in [0, 0.05) is 44.7 Å². The lowest BCUT2D eigenvalue weighted by atomic mass is 10.0. The fourth-order valence-corrected chi connectivity index (χ4v) is 3.02. The van der Waals surface area contributed by atoms with Gasteiger partial charge in [-0.05, 0) is 26.3 Å². The molecule has 156 valence electrons. The molecule has 0 aliphatic rings. The van der Waals surface area contributed by atoms with E-state index in [1.54, 1.807) is 13.4 Å². The lowest BCUT2D eigenvalue weighted by Crippen LogP contribution is -2.52. The summed E-state index contributed by atoms with van der Waals surface area (Å²) < 4.78 is 2.06. The second-order valence-corrected chi connectivity index (χ2v) is 7.31. The summed E-state index contributed by atoms with van der Waals surface area (Å²) in [7, 11) is 1.79. The number of hydrogen-bond donors (Lipinski definition) is 3. The van der Waals surface area contributed by atoms with E-state index in [0.29, 0.717) is 0 Å². The van der Waals surface area contributed by atoms with Crippen molar-refractivity contribution in [2.45, 2.75) is 52.2 Å². The minimum Gasteiger partial charge on any atom is -0.355 e. The van der Waals surface area contributed by atoms with E-state index >= 15 is 0 Å². The Balaban J connectivity index is 0.00000392. The van der Waals surface area contributed by atoms with Crippen molar-refractivity contribution in [3.8, 4) is 0 Å². The number of benzene rings is 1. The molecule has 1 aromatic carbocycles.